The molecule has 0 amide bonds. The molecule has 2 heterocycles. The lowest BCUT2D eigenvalue weighted by molar-refractivity contribution is 0.0170. The first-order valence-electron chi connectivity index (χ1n) is 8.96. The number of nitrogens with one attached hydrogen (secondary N) is 2. The van der Waals surface area contributed by atoms with Crippen LogP contribution in [0.2, 0.25) is 0 Å². The number of benzene rings is 1. The van der Waals surface area contributed by atoms with Gasteiger partial charge in [-0.3, -0.25) is 9.89 Å². The normalized spacial score (nSPS) is 16.3. The Hall–Kier alpha value is -1.79. The van der Waals surface area contributed by atoms with Crippen molar-refractivity contribution in [2.75, 3.05) is 39.9 Å². The number of aliphatic imine (C=N–C) groups is 1. The molecule has 28 heavy (non-hydrogen) atoms. The number of nitrogens with zero attached hydrogens (tertiary/aromatic N) is 4. The third-order valence-corrected chi connectivity index (χ3v) is 4.41. The minimum atomic E-state index is -0.236. The van der Waals surface area contributed by atoms with E-state index in [0.717, 1.165) is 18.7 Å². The summed E-state index contributed by atoms with van der Waals surface area (Å²) in [5.74, 6) is 1.50. The van der Waals surface area contributed by atoms with Crippen LogP contribution in [0.15, 0.2) is 33.8 Å². The van der Waals surface area contributed by atoms with Crippen molar-refractivity contribution in [3.63, 3.8) is 0 Å². The summed E-state index contributed by atoms with van der Waals surface area (Å²) < 4.78 is 23.8. The molecular weight excluding hydrogens is 478 g/mol. The number of guanidine groups is 1. The lowest BCUT2D eigenvalue weighted by Crippen LogP contribution is -2.46. The van der Waals surface area contributed by atoms with E-state index in [-0.39, 0.29) is 35.8 Å². The Morgan fingerprint density at radius 2 is 1.96 bits per heavy atom. The van der Waals surface area contributed by atoms with E-state index in [4.69, 9.17) is 9.26 Å². The van der Waals surface area contributed by atoms with Crippen molar-refractivity contribution >= 4 is 29.9 Å². The number of hydrogen-bond donors (Lipinski definition) is 2. The zero-order valence-corrected chi connectivity index (χ0v) is 18.4. The molecule has 0 radical (unpaired) electrons. The second-order valence-corrected chi connectivity index (χ2v) is 6.25. The molecule has 1 atom stereocenters. The molecule has 1 fully saturated rings. The van der Waals surface area contributed by atoms with E-state index in [0.29, 0.717) is 44.0 Å². The van der Waals surface area contributed by atoms with Crippen LogP contribution in [0.5, 0.6) is 0 Å². The van der Waals surface area contributed by atoms with E-state index in [2.05, 4.69) is 30.7 Å². The van der Waals surface area contributed by atoms with E-state index < -0.39 is 0 Å². The Kier molecular flexibility index (Phi) is 9.06. The Morgan fingerprint density at radius 1 is 1.25 bits per heavy atom. The Bertz CT molecular complexity index is 749. The van der Waals surface area contributed by atoms with E-state index in [1.165, 1.54) is 12.1 Å². The second kappa shape index (κ2) is 11.3. The van der Waals surface area contributed by atoms with Gasteiger partial charge in [0.1, 0.15) is 5.82 Å². The van der Waals surface area contributed by atoms with E-state index in [9.17, 15) is 4.39 Å². The van der Waals surface area contributed by atoms with Crippen molar-refractivity contribution in [2.45, 2.75) is 19.5 Å². The van der Waals surface area contributed by atoms with Crippen LogP contribution in [0.4, 0.5) is 4.39 Å². The number of aryl methyl sites for hydroxylation is 1. The summed E-state index contributed by atoms with van der Waals surface area (Å²) in [4.78, 5) is 10.7. The van der Waals surface area contributed by atoms with Crippen molar-refractivity contribution in [1.29, 1.82) is 0 Å². The van der Waals surface area contributed by atoms with Crippen LogP contribution in [0, 0.1) is 12.7 Å². The molecule has 1 aromatic heterocycles. The summed E-state index contributed by atoms with van der Waals surface area (Å²) >= 11 is 0. The number of halogens is 2. The summed E-state index contributed by atoms with van der Waals surface area (Å²) in [5, 5.41) is 10.4. The summed E-state index contributed by atoms with van der Waals surface area (Å²) in [7, 11) is 1.71. The lowest BCUT2D eigenvalue weighted by atomic mass is 10.0. The highest BCUT2D eigenvalue weighted by Crippen LogP contribution is 2.21. The zero-order valence-electron chi connectivity index (χ0n) is 16.0. The molecule has 154 valence electrons. The smallest absolute Gasteiger partial charge is 0.223 e. The third-order valence-electron chi connectivity index (χ3n) is 4.41. The summed E-state index contributed by atoms with van der Waals surface area (Å²) in [6.45, 7) is 5.84. The zero-order chi connectivity index (χ0) is 19.1. The van der Waals surface area contributed by atoms with E-state index in [1.54, 1.807) is 14.0 Å². The highest BCUT2D eigenvalue weighted by atomic mass is 127. The second-order valence-electron chi connectivity index (χ2n) is 6.25. The van der Waals surface area contributed by atoms with Gasteiger partial charge in [-0.05, 0) is 17.7 Å². The molecule has 1 aliphatic heterocycles. The topological polar surface area (TPSA) is 87.8 Å². The van der Waals surface area contributed by atoms with Crippen LogP contribution in [0.25, 0.3) is 0 Å². The number of hydrogen-bond acceptors (Lipinski definition) is 6. The molecule has 2 aromatic rings. The average Bonchev–Trinajstić information content (AvgIpc) is 3.11. The predicted molar refractivity (Wildman–Crippen MR) is 114 cm³/mol. The highest BCUT2D eigenvalue weighted by Gasteiger charge is 2.23. The van der Waals surface area contributed by atoms with Crippen LogP contribution in [-0.4, -0.2) is 60.9 Å². The van der Waals surface area contributed by atoms with Gasteiger partial charge in [0.15, 0.2) is 11.8 Å². The fourth-order valence-electron chi connectivity index (χ4n) is 3.02. The largest absolute Gasteiger partial charge is 0.379 e. The fourth-order valence-corrected chi connectivity index (χ4v) is 3.02. The monoisotopic (exact) mass is 504 g/mol. The molecule has 2 N–H and O–H groups in total. The van der Waals surface area contributed by atoms with Crippen LogP contribution in [0.1, 0.15) is 23.3 Å². The standard InChI is InChI=1S/C18H25FN6O2.HI/c1-13-23-17(24-27-13)12-22-18(20-2)21-11-16(25-7-9-26-10-8-25)14-3-5-15(19)6-4-14;/h3-6,16H,7-12H2,1-2H3,(H2,20,21,22);1H. The van der Waals surface area contributed by atoms with Gasteiger partial charge in [0, 0.05) is 33.6 Å². The molecule has 1 aromatic carbocycles. The quantitative estimate of drug-likeness (QED) is 0.353. The molecule has 0 aliphatic carbocycles. The predicted octanol–water partition coefficient (Wildman–Crippen LogP) is 1.87. The number of aromatic nitrogens is 2. The van der Waals surface area contributed by atoms with Crippen LogP contribution in [-0.2, 0) is 11.3 Å². The van der Waals surface area contributed by atoms with E-state index >= 15 is 0 Å². The van der Waals surface area contributed by atoms with Crippen molar-refractivity contribution in [1.82, 2.24) is 25.7 Å². The van der Waals surface area contributed by atoms with Crippen molar-refractivity contribution in [3.05, 3.63) is 47.4 Å². The fraction of sp³-hybridized carbons (Fsp3) is 0.500. The minimum Gasteiger partial charge on any atom is -0.379 e. The van der Waals surface area contributed by atoms with Gasteiger partial charge in [0.25, 0.3) is 0 Å². The van der Waals surface area contributed by atoms with Crippen molar-refractivity contribution in [2.24, 2.45) is 4.99 Å². The molecule has 0 bridgehead atoms. The Labute approximate surface area is 180 Å². The molecule has 3 rings (SSSR count). The van der Waals surface area contributed by atoms with Crippen molar-refractivity contribution in [3.8, 4) is 0 Å². The van der Waals surface area contributed by atoms with Gasteiger partial charge in [-0.15, -0.1) is 24.0 Å². The summed E-state index contributed by atoms with van der Waals surface area (Å²) in [6, 6.07) is 6.73. The maximum absolute atomic E-state index is 13.3. The SMILES string of the molecule is CN=C(NCc1noc(C)n1)NCC(c1ccc(F)cc1)N1CCOCC1.I. The maximum Gasteiger partial charge on any atom is 0.223 e. The average molecular weight is 504 g/mol. The molecule has 1 aliphatic rings. The lowest BCUT2D eigenvalue weighted by Gasteiger charge is -2.35. The first kappa shape index (κ1) is 22.5. The number of morpholine rings is 1. The molecule has 1 unspecified atom stereocenters. The summed E-state index contributed by atoms with van der Waals surface area (Å²) in [6.07, 6.45) is 0. The molecule has 0 saturated carbocycles. The van der Waals surface area contributed by atoms with Crippen LogP contribution < -0.4 is 10.6 Å². The number of rotatable bonds is 6. The maximum atomic E-state index is 13.3. The van der Waals surface area contributed by atoms with Crippen LogP contribution >= 0.6 is 24.0 Å². The molecule has 0 spiro atoms. The van der Waals surface area contributed by atoms with Crippen LogP contribution in [0.3, 0.4) is 0 Å². The molecule has 8 nitrogen and oxygen atoms in total. The molecule has 1 saturated heterocycles. The van der Waals surface area contributed by atoms with Gasteiger partial charge in [0.2, 0.25) is 5.89 Å². The first-order chi connectivity index (χ1) is 13.2. The van der Waals surface area contributed by atoms with Gasteiger partial charge < -0.3 is 19.9 Å². The minimum absolute atomic E-state index is 0. The van der Waals surface area contributed by atoms with Gasteiger partial charge in [-0.1, -0.05) is 17.3 Å². The van der Waals surface area contributed by atoms with Gasteiger partial charge in [-0.2, -0.15) is 4.98 Å². The molecular formula is C18H26FIN6O2. The summed E-state index contributed by atoms with van der Waals surface area (Å²) in [5.41, 5.74) is 1.05. The van der Waals surface area contributed by atoms with Gasteiger partial charge >= 0.3 is 0 Å². The van der Waals surface area contributed by atoms with Gasteiger partial charge in [0.05, 0.1) is 25.8 Å². The van der Waals surface area contributed by atoms with E-state index in [1.807, 2.05) is 12.1 Å². The third kappa shape index (κ3) is 6.38. The number of ether oxygens (including phenoxy) is 1. The Morgan fingerprint density at radius 3 is 2.57 bits per heavy atom. The first-order valence-corrected chi connectivity index (χ1v) is 8.96. The molecule has 10 heteroatoms. The highest BCUT2D eigenvalue weighted by molar-refractivity contribution is 14.0. The van der Waals surface area contributed by atoms with Gasteiger partial charge in [-0.25, -0.2) is 4.39 Å². The Balaban J connectivity index is 0.00000280. The van der Waals surface area contributed by atoms with Crippen molar-refractivity contribution < 1.29 is 13.7 Å².